The molecule has 0 bridgehead atoms. The Labute approximate surface area is 57.6 Å². The molecule has 0 radical (unpaired) electrons. The maximum absolute atomic E-state index is 3.51. The van der Waals surface area contributed by atoms with E-state index in [1.165, 1.54) is 12.0 Å². The first-order valence-electron chi connectivity index (χ1n) is 3.36. The van der Waals surface area contributed by atoms with E-state index in [1.807, 2.05) is 13.0 Å². The molecule has 0 rings (SSSR count). The molecule has 0 aromatic rings. The highest BCUT2D eigenvalue weighted by Crippen LogP contribution is 2.04. The zero-order chi connectivity index (χ0) is 7.11. The van der Waals surface area contributed by atoms with Gasteiger partial charge in [-0.2, -0.15) is 0 Å². The Balaban J connectivity index is 3.85. The molecule has 9 heavy (non-hydrogen) atoms. The Morgan fingerprint density at radius 2 is 2.33 bits per heavy atom. The van der Waals surface area contributed by atoms with Crippen LogP contribution in [0.3, 0.4) is 0 Å². The fraction of sp³-hybridized carbons (Fsp3) is 0.444. The quantitative estimate of drug-likeness (QED) is 0.398. The van der Waals surface area contributed by atoms with Crippen LogP contribution in [0.4, 0.5) is 0 Å². The fourth-order valence-corrected chi connectivity index (χ4v) is 0.720. The second-order valence-electron chi connectivity index (χ2n) is 1.96. The van der Waals surface area contributed by atoms with Crippen molar-refractivity contribution in [3.8, 4) is 0 Å². The summed E-state index contributed by atoms with van der Waals surface area (Å²) in [5, 5.41) is 0. The summed E-state index contributed by atoms with van der Waals surface area (Å²) in [5.74, 6) is 0. The molecule has 0 saturated carbocycles. The Kier molecular flexibility index (Phi) is 4.95. The van der Waals surface area contributed by atoms with Crippen LogP contribution in [-0.2, 0) is 0 Å². The largest absolute Gasteiger partial charge is 0.128 e. The van der Waals surface area contributed by atoms with Crippen molar-refractivity contribution in [2.24, 2.45) is 0 Å². The van der Waals surface area contributed by atoms with Crippen molar-refractivity contribution in [2.75, 3.05) is 0 Å². The van der Waals surface area contributed by atoms with E-state index < -0.39 is 0 Å². The molecule has 0 spiro atoms. The second kappa shape index (κ2) is 5.40. The first-order valence-corrected chi connectivity index (χ1v) is 3.36. The minimum absolute atomic E-state index is 1.14. The SMILES string of the molecule is C=C=CC(=CC)CCC. The monoisotopic (exact) mass is 122 g/mol. The van der Waals surface area contributed by atoms with E-state index in [-0.39, 0.29) is 0 Å². The zero-order valence-electron chi connectivity index (χ0n) is 6.28. The van der Waals surface area contributed by atoms with Crippen molar-refractivity contribution in [3.63, 3.8) is 0 Å². The highest BCUT2D eigenvalue weighted by Gasteiger charge is 1.84. The second-order valence-corrected chi connectivity index (χ2v) is 1.96. The van der Waals surface area contributed by atoms with Gasteiger partial charge in [-0.1, -0.05) is 26.0 Å². The number of rotatable bonds is 3. The van der Waals surface area contributed by atoms with Crippen molar-refractivity contribution in [2.45, 2.75) is 26.7 Å². The van der Waals surface area contributed by atoms with Crippen molar-refractivity contribution >= 4 is 0 Å². The molecule has 0 nitrogen and oxygen atoms in total. The van der Waals surface area contributed by atoms with Crippen LogP contribution in [-0.4, -0.2) is 0 Å². The Morgan fingerprint density at radius 1 is 1.67 bits per heavy atom. The Hall–Kier alpha value is -0.740. The standard InChI is InChI=1S/C9H14/c1-4-7-9(6-3)8-5-2/h6-7H,1,5,8H2,2-3H3. The lowest BCUT2D eigenvalue weighted by molar-refractivity contribution is 0.924. The molecule has 0 fully saturated rings. The summed E-state index contributed by atoms with van der Waals surface area (Å²) in [6, 6.07) is 0. The van der Waals surface area contributed by atoms with Crippen molar-refractivity contribution in [1.29, 1.82) is 0 Å². The highest BCUT2D eigenvalue weighted by atomic mass is 13.9. The highest BCUT2D eigenvalue weighted by molar-refractivity contribution is 5.16. The maximum atomic E-state index is 3.51. The van der Waals surface area contributed by atoms with Crippen LogP contribution in [0.25, 0.3) is 0 Å². The lowest BCUT2D eigenvalue weighted by Crippen LogP contribution is -1.73. The molecule has 0 aliphatic carbocycles. The van der Waals surface area contributed by atoms with Gasteiger partial charge in [0.25, 0.3) is 0 Å². The number of allylic oxidation sites excluding steroid dienone is 3. The molecule has 0 amide bonds. The molecule has 0 saturated heterocycles. The minimum atomic E-state index is 1.14. The fourth-order valence-electron chi connectivity index (χ4n) is 0.720. The summed E-state index contributed by atoms with van der Waals surface area (Å²) in [6.45, 7) is 7.72. The first kappa shape index (κ1) is 8.26. The van der Waals surface area contributed by atoms with E-state index in [9.17, 15) is 0 Å². The molecule has 0 unspecified atom stereocenters. The molecular formula is C9H14. The van der Waals surface area contributed by atoms with Gasteiger partial charge in [0.2, 0.25) is 0 Å². The molecule has 0 aliphatic heterocycles. The van der Waals surface area contributed by atoms with Crippen molar-refractivity contribution in [1.82, 2.24) is 0 Å². The molecule has 0 aromatic carbocycles. The Morgan fingerprint density at radius 3 is 2.67 bits per heavy atom. The Bertz CT molecular complexity index is 134. The van der Waals surface area contributed by atoms with Crippen LogP contribution < -0.4 is 0 Å². The van der Waals surface area contributed by atoms with Gasteiger partial charge in [0.05, 0.1) is 0 Å². The van der Waals surface area contributed by atoms with E-state index >= 15 is 0 Å². The molecule has 0 heterocycles. The van der Waals surface area contributed by atoms with Crippen LogP contribution in [0, 0.1) is 0 Å². The molecule has 0 atom stereocenters. The van der Waals surface area contributed by atoms with E-state index in [1.54, 1.807) is 0 Å². The van der Waals surface area contributed by atoms with Crippen LogP contribution in [0.2, 0.25) is 0 Å². The predicted molar refractivity (Wildman–Crippen MR) is 42.4 cm³/mol. The lowest BCUT2D eigenvalue weighted by Gasteiger charge is -1.93. The first-order chi connectivity index (χ1) is 4.35. The van der Waals surface area contributed by atoms with Crippen molar-refractivity contribution in [3.05, 3.63) is 30.0 Å². The smallest absolute Gasteiger partial charge is 0.0177 e. The average Bonchev–Trinajstić information content (AvgIpc) is 1.88. The zero-order valence-corrected chi connectivity index (χ0v) is 6.28. The topological polar surface area (TPSA) is 0 Å². The predicted octanol–water partition coefficient (Wildman–Crippen LogP) is 3.07. The van der Waals surface area contributed by atoms with Crippen LogP contribution >= 0.6 is 0 Å². The van der Waals surface area contributed by atoms with Gasteiger partial charge in [-0.05, 0) is 25.0 Å². The summed E-state index contributed by atoms with van der Waals surface area (Å²) in [5.41, 5.74) is 4.09. The van der Waals surface area contributed by atoms with Gasteiger partial charge in [-0.3, -0.25) is 0 Å². The molecule has 0 heteroatoms. The maximum Gasteiger partial charge on any atom is -0.0177 e. The third-order valence-corrected chi connectivity index (χ3v) is 1.20. The van der Waals surface area contributed by atoms with Crippen LogP contribution in [0.5, 0.6) is 0 Å². The van der Waals surface area contributed by atoms with Crippen LogP contribution in [0.1, 0.15) is 26.7 Å². The van der Waals surface area contributed by atoms with Crippen molar-refractivity contribution < 1.29 is 0 Å². The minimum Gasteiger partial charge on any atom is -0.128 e. The summed E-state index contributed by atoms with van der Waals surface area (Å²) >= 11 is 0. The molecule has 50 valence electrons. The van der Waals surface area contributed by atoms with Gasteiger partial charge >= 0.3 is 0 Å². The van der Waals surface area contributed by atoms with E-state index in [0.717, 1.165) is 6.42 Å². The lowest BCUT2D eigenvalue weighted by atomic mass is 10.1. The number of hydrogen-bond acceptors (Lipinski definition) is 0. The van der Waals surface area contributed by atoms with Gasteiger partial charge in [-0.15, -0.1) is 5.73 Å². The third kappa shape index (κ3) is 3.81. The normalized spacial score (nSPS) is 10.7. The van der Waals surface area contributed by atoms with Gasteiger partial charge < -0.3 is 0 Å². The number of hydrogen-bond donors (Lipinski definition) is 0. The molecule has 0 aromatic heterocycles. The summed E-state index contributed by atoms with van der Waals surface area (Å²) in [6.07, 6.45) is 6.36. The van der Waals surface area contributed by atoms with Gasteiger partial charge in [0, 0.05) is 0 Å². The van der Waals surface area contributed by atoms with Crippen LogP contribution in [0.15, 0.2) is 30.0 Å². The van der Waals surface area contributed by atoms with Gasteiger partial charge in [-0.25, -0.2) is 0 Å². The van der Waals surface area contributed by atoms with Gasteiger partial charge in [0.1, 0.15) is 0 Å². The van der Waals surface area contributed by atoms with E-state index in [2.05, 4.69) is 25.3 Å². The molecule has 0 aliphatic rings. The third-order valence-electron chi connectivity index (χ3n) is 1.20. The average molecular weight is 122 g/mol. The summed E-state index contributed by atoms with van der Waals surface area (Å²) in [7, 11) is 0. The summed E-state index contributed by atoms with van der Waals surface area (Å²) < 4.78 is 0. The van der Waals surface area contributed by atoms with E-state index in [0.29, 0.717) is 0 Å². The van der Waals surface area contributed by atoms with E-state index in [4.69, 9.17) is 0 Å². The van der Waals surface area contributed by atoms with Gasteiger partial charge in [0.15, 0.2) is 0 Å². The molecule has 0 N–H and O–H groups in total. The summed E-state index contributed by atoms with van der Waals surface area (Å²) in [4.78, 5) is 0. The molecular weight excluding hydrogens is 108 g/mol.